The third-order valence-electron chi connectivity index (χ3n) is 4.30. The molecule has 0 atom stereocenters. The third kappa shape index (κ3) is 23.2. The Labute approximate surface area is 271 Å². The molecular formula is C20H40N4S8TeZn. The van der Waals surface area contributed by atoms with Gasteiger partial charge in [0.25, 0.3) is 0 Å². The zero-order valence-electron chi connectivity index (χ0n) is 21.8. The predicted molar refractivity (Wildman–Crippen MR) is 178 cm³/mol. The summed E-state index contributed by atoms with van der Waals surface area (Å²) in [6, 6.07) is 0. The van der Waals surface area contributed by atoms with E-state index < -0.39 is 0 Å². The van der Waals surface area contributed by atoms with Gasteiger partial charge in [-0.2, -0.15) is 0 Å². The van der Waals surface area contributed by atoms with Gasteiger partial charge in [-0.3, -0.25) is 0 Å². The van der Waals surface area contributed by atoms with E-state index in [1.54, 1.807) is 0 Å². The zero-order chi connectivity index (χ0) is 26.4. The Morgan fingerprint density at radius 2 is 0.735 bits per heavy atom. The van der Waals surface area contributed by atoms with E-state index in [9.17, 15) is 0 Å². The van der Waals surface area contributed by atoms with Crippen LogP contribution in [0.4, 0.5) is 0 Å². The number of hydrogen-bond acceptors (Lipinski definition) is 8. The van der Waals surface area contributed by atoms with E-state index in [0.717, 1.165) is 61.0 Å². The molecule has 0 amide bonds. The van der Waals surface area contributed by atoms with E-state index in [1.807, 2.05) is 55.5 Å². The average Bonchev–Trinajstić information content (AvgIpc) is 2.77. The van der Waals surface area contributed by atoms with E-state index in [4.69, 9.17) is 74.1 Å². The molecule has 0 aliphatic rings. The number of rotatable bonds is 10. The summed E-state index contributed by atoms with van der Waals surface area (Å²) >= 11 is 29.6. The van der Waals surface area contributed by atoms with Crippen LogP contribution in [0.15, 0.2) is 0 Å². The van der Waals surface area contributed by atoms with Crippen LogP contribution in [-0.4, -0.2) is 107 Å². The van der Waals surface area contributed by atoms with Gasteiger partial charge in [0.05, 0.1) is 0 Å². The minimum absolute atomic E-state index is 0. The van der Waals surface area contributed by atoms with Crippen LogP contribution in [0.2, 0.25) is 0 Å². The molecule has 4 nitrogen and oxygen atoms in total. The van der Waals surface area contributed by atoms with Crippen LogP contribution in [0.1, 0.15) is 55.4 Å². The van der Waals surface area contributed by atoms with Crippen LogP contribution in [0.3, 0.4) is 0 Å². The summed E-state index contributed by atoms with van der Waals surface area (Å²) in [5.41, 5.74) is 0. The van der Waals surface area contributed by atoms with Crippen molar-refractivity contribution in [2.24, 2.45) is 0 Å². The molecule has 196 valence electrons. The van der Waals surface area contributed by atoms with Gasteiger partial charge in [0.1, 0.15) is 0 Å². The zero-order valence-corrected chi connectivity index (χ0v) is 33.7. The molecule has 0 saturated carbocycles. The number of hydrogen-bond donors (Lipinski definition) is 0. The van der Waals surface area contributed by atoms with Gasteiger partial charge >= 0.3 is 152 Å². The maximum Gasteiger partial charge on any atom is 2.00 e. The Morgan fingerprint density at radius 3 is 0.853 bits per heavy atom. The molecule has 0 aliphatic heterocycles. The molecule has 0 aromatic rings. The summed E-state index contributed by atoms with van der Waals surface area (Å²) in [7, 11) is 3.67. The van der Waals surface area contributed by atoms with Gasteiger partial charge in [0, 0.05) is 26.2 Å². The molecule has 0 aromatic heterocycles. The first kappa shape index (κ1) is 43.2. The minimum atomic E-state index is -0.259. The van der Waals surface area contributed by atoms with E-state index in [0.29, 0.717) is 8.64 Å². The second-order valence-corrected chi connectivity index (χ2v) is 17.3. The quantitative estimate of drug-likeness (QED) is 0.157. The summed E-state index contributed by atoms with van der Waals surface area (Å²) in [5.74, 6) is 0. The van der Waals surface area contributed by atoms with Crippen molar-refractivity contribution >= 4 is 128 Å². The molecule has 0 rings (SSSR count). The Kier molecular flexibility index (Phi) is 37.7. The fourth-order valence-electron chi connectivity index (χ4n) is 2.11. The molecule has 0 saturated heterocycles. The van der Waals surface area contributed by atoms with Crippen molar-refractivity contribution in [2.75, 3.05) is 52.4 Å². The van der Waals surface area contributed by atoms with Crippen LogP contribution in [0.25, 0.3) is 0 Å². The van der Waals surface area contributed by atoms with Crippen LogP contribution < -0.4 is 0 Å². The first-order valence-electron chi connectivity index (χ1n) is 11.0. The van der Waals surface area contributed by atoms with Gasteiger partial charge in [-0.1, -0.05) is 8.64 Å². The van der Waals surface area contributed by atoms with E-state index in [-0.39, 0.29) is 37.7 Å². The number of nitrogens with zero attached hydrogens (tertiary/aromatic N) is 4. The summed E-state index contributed by atoms with van der Waals surface area (Å²) < 4.78 is 3.23. The largest absolute Gasteiger partial charge is 2.00 e. The molecule has 0 spiro atoms. The molecule has 34 heavy (non-hydrogen) atoms. The van der Waals surface area contributed by atoms with Crippen LogP contribution in [0, 0.1) is 0 Å². The van der Waals surface area contributed by atoms with Gasteiger partial charge in [-0.25, -0.2) is 0 Å². The van der Waals surface area contributed by atoms with Gasteiger partial charge < -0.3 is 59.5 Å². The Bertz CT molecular complexity index is 499. The van der Waals surface area contributed by atoms with Crippen molar-refractivity contribution in [3.05, 3.63) is 0 Å². The minimum Gasteiger partial charge on any atom is -0.411 e. The first-order chi connectivity index (χ1) is 15.5. The fraction of sp³-hybridized carbons (Fsp3) is 0.800. The van der Waals surface area contributed by atoms with E-state index in [1.165, 1.54) is 0 Å². The molecule has 0 unspecified atom stereocenters. The van der Waals surface area contributed by atoms with Crippen molar-refractivity contribution in [2.45, 2.75) is 55.4 Å². The van der Waals surface area contributed by atoms with Crippen molar-refractivity contribution in [1.29, 1.82) is 0 Å². The predicted octanol–water partition coefficient (Wildman–Crippen LogP) is 5.56. The van der Waals surface area contributed by atoms with Gasteiger partial charge in [-0.15, -0.1) is 0 Å². The Hall–Kier alpha value is 2.11. The van der Waals surface area contributed by atoms with E-state index >= 15 is 0 Å². The smallest absolute Gasteiger partial charge is 0.411 e. The Morgan fingerprint density at radius 1 is 0.529 bits per heavy atom. The summed E-state index contributed by atoms with van der Waals surface area (Å²) in [5, 5.41) is 0. The second-order valence-electron chi connectivity index (χ2n) is 5.99. The summed E-state index contributed by atoms with van der Waals surface area (Å²) in [4.78, 5) is 8.38. The summed E-state index contributed by atoms with van der Waals surface area (Å²) in [6.07, 6.45) is 0. The second kappa shape index (κ2) is 29.7. The van der Waals surface area contributed by atoms with Crippen molar-refractivity contribution in [3.63, 3.8) is 0 Å². The fourth-order valence-corrected chi connectivity index (χ4v) is 14.0. The average molecular weight is 786 g/mol. The van der Waals surface area contributed by atoms with Crippen molar-refractivity contribution in [1.82, 2.24) is 19.6 Å². The molecule has 0 aliphatic carbocycles. The maximum atomic E-state index is 5.40. The monoisotopic (exact) mass is 786 g/mol. The van der Waals surface area contributed by atoms with Crippen LogP contribution >= 0.6 is 66.9 Å². The van der Waals surface area contributed by atoms with Crippen molar-refractivity contribution in [3.8, 4) is 0 Å². The van der Waals surface area contributed by atoms with Crippen LogP contribution in [-0.2, 0) is 44.7 Å². The van der Waals surface area contributed by atoms with Crippen LogP contribution in [0.5, 0.6) is 0 Å². The van der Waals surface area contributed by atoms with Crippen molar-refractivity contribution < 1.29 is 19.5 Å². The standard InChI is InChI=1S/C10H20N2S4Te.2C5H11NS2.Zn/c1-5-11(6-2)9(13)15-17-16-10(14)12(7-3)8-4;2*1-3-6(4-2)5(7)8;/h5-8H2,1-4H3;2*3-4H2,1-2H3,(H,7,8);/q;;;+2/p-2. The normalized spacial score (nSPS) is 9.18. The Balaban J connectivity index is -0.000000222. The van der Waals surface area contributed by atoms with Gasteiger partial charge in [0.15, 0.2) is 0 Å². The summed E-state index contributed by atoms with van der Waals surface area (Å²) in [6.45, 7) is 24.5. The molecule has 0 bridgehead atoms. The maximum absolute atomic E-state index is 5.40. The number of thiocarbonyl (C=S) groups is 4. The molecule has 14 heteroatoms. The van der Waals surface area contributed by atoms with E-state index in [2.05, 4.69) is 37.5 Å². The third-order valence-corrected chi connectivity index (χ3v) is 15.9. The molecule has 0 aromatic carbocycles. The molecule has 0 N–H and O–H groups in total. The molecular weight excluding hydrogens is 746 g/mol. The SMILES string of the molecule is CCN(CC)C(=S)S[Te]SC(=S)N(CC)CC.CCN(CC)C(=S)[S-].CCN(CC)C(=S)[S-].[Zn+2]. The molecule has 0 radical (unpaired) electrons. The topological polar surface area (TPSA) is 13.0 Å². The first-order valence-corrected chi connectivity index (χ1v) is 20.7. The molecule has 0 heterocycles. The van der Waals surface area contributed by atoms with Gasteiger partial charge in [0.2, 0.25) is 0 Å². The van der Waals surface area contributed by atoms with Gasteiger partial charge in [-0.05, 0) is 27.7 Å². The molecule has 0 fully saturated rings.